The smallest absolute Gasteiger partial charge is 0.306 e. The highest BCUT2D eigenvalue weighted by molar-refractivity contribution is 5.70. The van der Waals surface area contributed by atoms with E-state index >= 15 is 0 Å². The number of ether oxygens (including phenoxy) is 1. The van der Waals surface area contributed by atoms with Crippen LogP contribution in [0.15, 0.2) is 0 Å². The van der Waals surface area contributed by atoms with Gasteiger partial charge in [-0.05, 0) is 31.6 Å². The summed E-state index contributed by atoms with van der Waals surface area (Å²) in [6, 6.07) is 0. The zero-order valence-corrected chi connectivity index (χ0v) is 9.58. The molecule has 15 heavy (non-hydrogen) atoms. The van der Waals surface area contributed by atoms with Gasteiger partial charge in [-0.25, -0.2) is 0 Å². The third-order valence-electron chi connectivity index (χ3n) is 3.40. The van der Waals surface area contributed by atoms with Gasteiger partial charge in [0.2, 0.25) is 0 Å². The van der Waals surface area contributed by atoms with E-state index in [1.807, 2.05) is 0 Å². The maximum absolute atomic E-state index is 11.1. The Balaban J connectivity index is 2.27. The number of carbonyl (C=O) groups is 1. The molecule has 3 nitrogen and oxygen atoms in total. The molecule has 1 aliphatic carbocycles. The Morgan fingerprint density at radius 3 is 2.60 bits per heavy atom. The minimum absolute atomic E-state index is 0.107. The molecule has 0 aromatic rings. The summed E-state index contributed by atoms with van der Waals surface area (Å²) in [4.78, 5) is 11.1. The molecule has 1 fully saturated rings. The monoisotopic (exact) mass is 214 g/mol. The second-order valence-corrected chi connectivity index (χ2v) is 4.48. The molecule has 1 N–H and O–H groups in total. The standard InChI is InChI=1S/C12H22O3/c1-15-9-5-4-8-11(12(13)14)10-6-2-3-7-10/h10-11H,2-9H2,1H3,(H,13,14). The van der Waals surface area contributed by atoms with E-state index in [0.29, 0.717) is 5.92 Å². The average molecular weight is 214 g/mol. The molecule has 1 aliphatic rings. The molecule has 88 valence electrons. The number of unbranched alkanes of at least 4 members (excludes halogenated alkanes) is 1. The predicted octanol–water partition coefficient (Wildman–Crippen LogP) is 2.69. The second-order valence-electron chi connectivity index (χ2n) is 4.48. The fourth-order valence-electron chi connectivity index (χ4n) is 2.53. The Kier molecular flexibility index (Phi) is 5.69. The van der Waals surface area contributed by atoms with Crippen LogP contribution in [0.1, 0.15) is 44.9 Å². The molecule has 0 aromatic heterocycles. The Hall–Kier alpha value is -0.570. The molecule has 1 unspecified atom stereocenters. The van der Waals surface area contributed by atoms with Crippen molar-refractivity contribution in [1.82, 2.24) is 0 Å². The summed E-state index contributed by atoms with van der Waals surface area (Å²) < 4.78 is 4.96. The van der Waals surface area contributed by atoms with Crippen LogP contribution in [-0.4, -0.2) is 24.8 Å². The van der Waals surface area contributed by atoms with Gasteiger partial charge in [0.05, 0.1) is 5.92 Å². The van der Waals surface area contributed by atoms with Gasteiger partial charge in [-0.15, -0.1) is 0 Å². The fourth-order valence-corrected chi connectivity index (χ4v) is 2.53. The Labute approximate surface area is 91.8 Å². The first-order chi connectivity index (χ1) is 7.25. The van der Waals surface area contributed by atoms with Crippen LogP contribution in [0.4, 0.5) is 0 Å². The lowest BCUT2D eigenvalue weighted by Crippen LogP contribution is -2.21. The van der Waals surface area contributed by atoms with E-state index in [1.54, 1.807) is 7.11 Å². The van der Waals surface area contributed by atoms with Crippen LogP contribution in [0.5, 0.6) is 0 Å². The van der Waals surface area contributed by atoms with E-state index in [0.717, 1.165) is 38.7 Å². The number of aliphatic carboxylic acids is 1. The van der Waals surface area contributed by atoms with Crippen LogP contribution in [0.2, 0.25) is 0 Å². The number of hydrogen-bond acceptors (Lipinski definition) is 2. The normalized spacial score (nSPS) is 19.3. The predicted molar refractivity (Wildman–Crippen MR) is 58.8 cm³/mol. The van der Waals surface area contributed by atoms with E-state index in [4.69, 9.17) is 9.84 Å². The van der Waals surface area contributed by atoms with E-state index in [2.05, 4.69) is 0 Å². The van der Waals surface area contributed by atoms with E-state index < -0.39 is 5.97 Å². The summed E-state index contributed by atoms with van der Waals surface area (Å²) in [6.45, 7) is 0.747. The molecular weight excluding hydrogens is 192 g/mol. The molecule has 0 heterocycles. The minimum Gasteiger partial charge on any atom is -0.481 e. The van der Waals surface area contributed by atoms with E-state index in [9.17, 15) is 4.79 Å². The van der Waals surface area contributed by atoms with Gasteiger partial charge < -0.3 is 9.84 Å². The molecule has 0 spiro atoms. The average Bonchev–Trinajstić information content (AvgIpc) is 2.70. The third-order valence-corrected chi connectivity index (χ3v) is 3.40. The number of rotatable bonds is 7. The first-order valence-corrected chi connectivity index (χ1v) is 5.97. The van der Waals surface area contributed by atoms with Gasteiger partial charge in [-0.1, -0.05) is 19.3 Å². The number of hydrogen-bond donors (Lipinski definition) is 1. The minimum atomic E-state index is -0.598. The lowest BCUT2D eigenvalue weighted by Gasteiger charge is -2.18. The van der Waals surface area contributed by atoms with Crippen LogP contribution >= 0.6 is 0 Å². The van der Waals surface area contributed by atoms with Gasteiger partial charge in [0.25, 0.3) is 0 Å². The zero-order valence-electron chi connectivity index (χ0n) is 9.58. The van der Waals surface area contributed by atoms with Crippen molar-refractivity contribution in [1.29, 1.82) is 0 Å². The van der Waals surface area contributed by atoms with Gasteiger partial charge in [0, 0.05) is 13.7 Å². The summed E-state index contributed by atoms with van der Waals surface area (Å²) in [6.07, 6.45) is 7.43. The molecule has 0 aromatic carbocycles. The maximum Gasteiger partial charge on any atom is 0.306 e. The highest BCUT2D eigenvalue weighted by atomic mass is 16.5. The van der Waals surface area contributed by atoms with Gasteiger partial charge in [0.15, 0.2) is 0 Å². The van der Waals surface area contributed by atoms with Crippen molar-refractivity contribution in [2.45, 2.75) is 44.9 Å². The fraction of sp³-hybridized carbons (Fsp3) is 0.917. The molecule has 1 rings (SSSR count). The van der Waals surface area contributed by atoms with E-state index in [1.165, 1.54) is 12.8 Å². The number of carboxylic acids is 1. The highest BCUT2D eigenvalue weighted by Gasteiger charge is 2.29. The Bertz CT molecular complexity index is 185. The molecule has 0 amide bonds. The van der Waals surface area contributed by atoms with Crippen molar-refractivity contribution >= 4 is 5.97 Å². The van der Waals surface area contributed by atoms with Gasteiger partial charge in [0.1, 0.15) is 0 Å². The van der Waals surface area contributed by atoms with Crippen LogP contribution in [0, 0.1) is 11.8 Å². The summed E-state index contributed by atoms with van der Waals surface area (Å²) >= 11 is 0. The van der Waals surface area contributed by atoms with Crippen molar-refractivity contribution < 1.29 is 14.6 Å². The Morgan fingerprint density at radius 1 is 1.40 bits per heavy atom. The first kappa shape index (κ1) is 12.5. The van der Waals surface area contributed by atoms with Gasteiger partial charge in [-0.2, -0.15) is 0 Å². The number of carboxylic acid groups (broad SMARTS) is 1. The summed E-state index contributed by atoms with van der Waals surface area (Å²) in [5.41, 5.74) is 0. The summed E-state index contributed by atoms with van der Waals surface area (Å²) in [5, 5.41) is 9.16. The molecule has 0 saturated heterocycles. The van der Waals surface area contributed by atoms with Gasteiger partial charge in [-0.3, -0.25) is 4.79 Å². The maximum atomic E-state index is 11.1. The molecule has 0 bridgehead atoms. The van der Waals surface area contributed by atoms with Crippen LogP contribution in [-0.2, 0) is 9.53 Å². The quantitative estimate of drug-likeness (QED) is 0.663. The van der Waals surface area contributed by atoms with E-state index in [-0.39, 0.29) is 5.92 Å². The van der Waals surface area contributed by atoms with Crippen molar-refractivity contribution in [3.63, 3.8) is 0 Å². The zero-order chi connectivity index (χ0) is 11.1. The Morgan fingerprint density at radius 2 is 2.07 bits per heavy atom. The van der Waals surface area contributed by atoms with Crippen molar-refractivity contribution in [2.75, 3.05) is 13.7 Å². The second kappa shape index (κ2) is 6.83. The van der Waals surface area contributed by atoms with Crippen LogP contribution in [0.25, 0.3) is 0 Å². The van der Waals surface area contributed by atoms with Crippen LogP contribution in [0.3, 0.4) is 0 Å². The molecular formula is C12H22O3. The molecule has 0 radical (unpaired) electrons. The summed E-state index contributed by atoms with van der Waals surface area (Å²) in [7, 11) is 1.69. The van der Waals surface area contributed by atoms with Crippen LogP contribution < -0.4 is 0 Å². The largest absolute Gasteiger partial charge is 0.481 e. The molecule has 1 saturated carbocycles. The number of methoxy groups -OCH3 is 1. The van der Waals surface area contributed by atoms with Gasteiger partial charge >= 0.3 is 5.97 Å². The lowest BCUT2D eigenvalue weighted by atomic mass is 9.87. The third kappa shape index (κ3) is 4.20. The van der Waals surface area contributed by atoms with Crippen molar-refractivity contribution in [2.24, 2.45) is 11.8 Å². The van der Waals surface area contributed by atoms with Crippen molar-refractivity contribution in [3.05, 3.63) is 0 Å². The molecule has 1 atom stereocenters. The summed E-state index contributed by atoms with van der Waals surface area (Å²) in [5.74, 6) is -0.270. The SMILES string of the molecule is COCCCCC(C(=O)O)C1CCCC1. The first-order valence-electron chi connectivity index (χ1n) is 5.97. The van der Waals surface area contributed by atoms with Crippen molar-refractivity contribution in [3.8, 4) is 0 Å². The topological polar surface area (TPSA) is 46.5 Å². The molecule has 3 heteroatoms. The highest BCUT2D eigenvalue weighted by Crippen LogP contribution is 2.34. The molecule has 0 aliphatic heterocycles. The lowest BCUT2D eigenvalue weighted by molar-refractivity contribution is -0.144.